The number of amides is 1. The molecule has 1 aromatic carbocycles. The standard InChI is InChI=1S/C12H13BrN2O3/c1-14(7-8-5-6-8)12(16)9-3-2-4-10(11(9)13)15(17)18/h2-4,8H,5-7H2,1H3. The minimum Gasteiger partial charge on any atom is -0.341 e. The van der Waals surface area contributed by atoms with Crippen LogP contribution in [0.4, 0.5) is 5.69 Å². The number of nitro benzene ring substituents is 1. The molecule has 1 fully saturated rings. The Morgan fingerprint density at radius 2 is 2.22 bits per heavy atom. The van der Waals surface area contributed by atoms with Crippen LogP contribution in [0.5, 0.6) is 0 Å². The van der Waals surface area contributed by atoms with Crippen molar-refractivity contribution >= 4 is 27.5 Å². The van der Waals surface area contributed by atoms with Gasteiger partial charge in [-0.3, -0.25) is 14.9 Å². The van der Waals surface area contributed by atoms with E-state index in [0.29, 0.717) is 18.0 Å². The summed E-state index contributed by atoms with van der Waals surface area (Å²) in [4.78, 5) is 24.1. The van der Waals surface area contributed by atoms with Crippen molar-refractivity contribution in [1.29, 1.82) is 0 Å². The van der Waals surface area contributed by atoms with Crippen molar-refractivity contribution < 1.29 is 9.72 Å². The quantitative estimate of drug-likeness (QED) is 0.634. The molecule has 0 N–H and O–H groups in total. The SMILES string of the molecule is CN(CC1CC1)C(=O)c1cccc([N+](=O)[O-])c1Br. The maximum absolute atomic E-state index is 12.2. The lowest BCUT2D eigenvalue weighted by molar-refractivity contribution is -0.385. The zero-order chi connectivity index (χ0) is 13.3. The third-order valence-electron chi connectivity index (χ3n) is 2.98. The molecule has 0 unspecified atom stereocenters. The van der Waals surface area contributed by atoms with Crippen molar-refractivity contribution in [2.24, 2.45) is 5.92 Å². The van der Waals surface area contributed by atoms with Crippen molar-refractivity contribution in [3.8, 4) is 0 Å². The maximum atomic E-state index is 12.2. The summed E-state index contributed by atoms with van der Waals surface area (Å²) in [5.74, 6) is 0.411. The molecule has 1 aliphatic carbocycles. The number of rotatable bonds is 4. The molecule has 5 nitrogen and oxygen atoms in total. The predicted molar refractivity (Wildman–Crippen MR) is 70.5 cm³/mol. The van der Waals surface area contributed by atoms with Crippen LogP contribution in [0.15, 0.2) is 22.7 Å². The van der Waals surface area contributed by atoms with Crippen LogP contribution < -0.4 is 0 Å². The van der Waals surface area contributed by atoms with Crippen LogP contribution in [-0.4, -0.2) is 29.3 Å². The Balaban J connectivity index is 2.23. The highest BCUT2D eigenvalue weighted by Gasteiger charge is 2.27. The molecular formula is C12H13BrN2O3. The van der Waals surface area contributed by atoms with Gasteiger partial charge in [-0.1, -0.05) is 6.07 Å². The van der Waals surface area contributed by atoms with Crippen molar-refractivity contribution in [3.63, 3.8) is 0 Å². The van der Waals surface area contributed by atoms with Gasteiger partial charge in [-0.25, -0.2) is 0 Å². The van der Waals surface area contributed by atoms with Crippen molar-refractivity contribution in [1.82, 2.24) is 4.90 Å². The maximum Gasteiger partial charge on any atom is 0.284 e. The summed E-state index contributed by atoms with van der Waals surface area (Å²) in [6.07, 6.45) is 2.32. The van der Waals surface area contributed by atoms with E-state index in [1.165, 1.54) is 12.1 Å². The van der Waals surface area contributed by atoms with Gasteiger partial charge >= 0.3 is 0 Å². The molecule has 0 aromatic heterocycles. The van der Waals surface area contributed by atoms with Crippen molar-refractivity contribution in [2.75, 3.05) is 13.6 Å². The fourth-order valence-corrected chi connectivity index (χ4v) is 2.38. The molecule has 1 aliphatic rings. The van der Waals surface area contributed by atoms with E-state index >= 15 is 0 Å². The molecule has 0 saturated heterocycles. The van der Waals surface area contributed by atoms with E-state index < -0.39 is 4.92 Å². The third-order valence-corrected chi connectivity index (χ3v) is 3.81. The lowest BCUT2D eigenvalue weighted by Crippen LogP contribution is -2.29. The Labute approximate surface area is 113 Å². The summed E-state index contributed by atoms with van der Waals surface area (Å²) in [5.41, 5.74) is 0.257. The Morgan fingerprint density at radius 1 is 1.56 bits per heavy atom. The molecule has 0 spiro atoms. The number of carbonyl (C=O) groups is 1. The lowest BCUT2D eigenvalue weighted by atomic mass is 10.1. The van der Waals surface area contributed by atoms with Crippen molar-refractivity contribution in [2.45, 2.75) is 12.8 Å². The third kappa shape index (κ3) is 2.69. The normalized spacial score (nSPS) is 14.3. The average molecular weight is 313 g/mol. The Morgan fingerprint density at radius 3 is 2.78 bits per heavy atom. The first-order chi connectivity index (χ1) is 8.50. The minimum absolute atomic E-state index is 0.0827. The van der Waals surface area contributed by atoms with E-state index in [9.17, 15) is 14.9 Å². The molecule has 0 bridgehead atoms. The van der Waals surface area contributed by atoms with Gasteiger partial charge in [0.15, 0.2) is 0 Å². The molecule has 2 rings (SSSR count). The molecule has 6 heteroatoms. The number of nitro groups is 1. The second-order valence-corrected chi connectivity index (χ2v) is 5.32. The second-order valence-electron chi connectivity index (χ2n) is 4.52. The number of nitrogens with zero attached hydrogens (tertiary/aromatic N) is 2. The van der Waals surface area contributed by atoms with Gasteiger partial charge in [0.25, 0.3) is 11.6 Å². The molecule has 0 heterocycles. The van der Waals surface area contributed by atoms with Gasteiger partial charge in [0.1, 0.15) is 4.47 Å². The number of hydrogen-bond acceptors (Lipinski definition) is 3. The van der Waals surface area contributed by atoms with Crippen LogP contribution in [0.3, 0.4) is 0 Å². The van der Waals surface area contributed by atoms with Crippen LogP contribution in [0, 0.1) is 16.0 Å². The highest BCUT2D eigenvalue weighted by Crippen LogP contribution is 2.32. The highest BCUT2D eigenvalue weighted by molar-refractivity contribution is 9.10. The van der Waals surface area contributed by atoms with Gasteiger partial charge in [-0.05, 0) is 40.8 Å². The first-order valence-corrected chi connectivity index (χ1v) is 6.48. The molecule has 96 valence electrons. The van der Waals surface area contributed by atoms with Gasteiger partial charge in [-0.15, -0.1) is 0 Å². The van der Waals surface area contributed by atoms with Crippen LogP contribution >= 0.6 is 15.9 Å². The molecule has 1 saturated carbocycles. The average Bonchev–Trinajstić information content (AvgIpc) is 3.12. The number of hydrogen-bond donors (Lipinski definition) is 0. The number of carbonyl (C=O) groups excluding carboxylic acids is 1. The van der Waals surface area contributed by atoms with E-state index in [0.717, 1.165) is 12.8 Å². The number of benzene rings is 1. The summed E-state index contributed by atoms with van der Waals surface area (Å²) in [6.45, 7) is 0.716. The van der Waals surface area contributed by atoms with Crippen LogP contribution in [0.25, 0.3) is 0 Å². The zero-order valence-corrected chi connectivity index (χ0v) is 11.5. The molecule has 18 heavy (non-hydrogen) atoms. The second kappa shape index (κ2) is 5.06. The summed E-state index contributed by atoms with van der Waals surface area (Å²) in [6, 6.07) is 4.51. The van der Waals surface area contributed by atoms with E-state index in [1.54, 1.807) is 18.0 Å². The summed E-state index contributed by atoms with van der Waals surface area (Å²) < 4.78 is 0.252. The summed E-state index contributed by atoms with van der Waals surface area (Å²) in [5, 5.41) is 10.8. The fraction of sp³-hybridized carbons (Fsp3) is 0.417. The molecule has 0 radical (unpaired) electrons. The first-order valence-electron chi connectivity index (χ1n) is 5.69. The highest BCUT2D eigenvalue weighted by atomic mass is 79.9. The number of halogens is 1. The topological polar surface area (TPSA) is 63.5 Å². The van der Waals surface area contributed by atoms with Crippen LogP contribution in [-0.2, 0) is 0 Å². The first kappa shape index (κ1) is 13.0. The summed E-state index contributed by atoms with van der Waals surface area (Å²) in [7, 11) is 1.73. The van der Waals surface area contributed by atoms with Crippen LogP contribution in [0.2, 0.25) is 0 Å². The minimum atomic E-state index is -0.498. The Hall–Kier alpha value is -1.43. The van der Waals surface area contributed by atoms with Gasteiger partial charge in [0.05, 0.1) is 10.5 Å². The monoisotopic (exact) mass is 312 g/mol. The van der Waals surface area contributed by atoms with Gasteiger partial charge in [0.2, 0.25) is 0 Å². The molecule has 1 aromatic rings. The molecule has 0 atom stereocenters. The zero-order valence-electron chi connectivity index (χ0n) is 9.93. The molecule has 1 amide bonds. The smallest absolute Gasteiger partial charge is 0.284 e. The van der Waals surface area contributed by atoms with Gasteiger partial charge in [-0.2, -0.15) is 0 Å². The Kier molecular flexibility index (Phi) is 3.65. The van der Waals surface area contributed by atoms with Crippen molar-refractivity contribution in [3.05, 3.63) is 38.3 Å². The lowest BCUT2D eigenvalue weighted by Gasteiger charge is -2.17. The van der Waals surface area contributed by atoms with Crippen LogP contribution in [0.1, 0.15) is 23.2 Å². The summed E-state index contributed by atoms with van der Waals surface area (Å²) >= 11 is 3.14. The van der Waals surface area contributed by atoms with E-state index in [1.807, 2.05) is 0 Å². The van der Waals surface area contributed by atoms with E-state index in [-0.39, 0.29) is 16.1 Å². The fourth-order valence-electron chi connectivity index (χ4n) is 1.80. The largest absolute Gasteiger partial charge is 0.341 e. The van der Waals surface area contributed by atoms with E-state index in [2.05, 4.69) is 15.9 Å². The Bertz CT molecular complexity index is 500. The van der Waals surface area contributed by atoms with E-state index in [4.69, 9.17) is 0 Å². The predicted octanol–water partition coefficient (Wildman–Crippen LogP) is 2.84. The molecule has 0 aliphatic heterocycles. The van der Waals surface area contributed by atoms with Gasteiger partial charge < -0.3 is 4.90 Å². The van der Waals surface area contributed by atoms with Gasteiger partial charge in [0, 0.05) is 19.7 Å². The molecular weight excluding hydrogens is 300 g/mol.